The topological polar surface area (TPSA) is 95.8 Å². The molecular formula is C17H12N4O. The Morgan fingerprint density at radius 2 is 1.82 bits per heavy atom. The predicted molar refractivity (Wildman–Crippen MR) is 85.5 cm³/mol. The van der Waals surface area contributed by atoms with Crippen molar-refractivity contribution in [3.8, 4) is 11.8 Å². The van der Waals surface area contributed by atoms with Crippen molar-refractivity contribution in [2.45, 2.75) is 0 Å². The molecule has 0 saturated heterocycles. The molecular weight excluding hydrogens is 276 g/mol. The molecule has 0 radical (unpaired) electrons. The lowest BCUT2D eigenvalue weighted by Crippen LogP contribution is -2.00. The van der Waals surface area contributed by atoms with Gasteiger partial charge < -0.3 is 10.8 Å². The summed E-state index contributed by atoms with van der Waals surface area (Å²) in [5.74, 6) is 0.793. The molecule has 5 heteroatoms. The Balaban J connectivity index is 2.11. The largest absolute Gasteiger partial charge is 0.508 e. The van der Waals surface area contributed by atoms with E-state index in [1.807, 2.05) is 24.3 Å². The van der Waals surface area contributed by atoms with Crippen LogP contribution in [0.5, 0.6) is 5.75 Å². The van der Waals surface area contributed by atoms with E-state index in [-0.39, 0.29) is 11.6 Å². The average molecular weight is 288 g/mol. The number of aromatic nitrogens is 2. The number of rotatable bonds is 2. The van der Waals surface area contributed by atoms with E-state index in [0.717, 1.165) is 10.9 Å². The van der Waals surface area contributed by atoms with Crippen LogP contribution >= 0.6 is 0 Å². The summed E-state index contributed by atoms with van der Waals surface area (Å²) >= 11 is 0. The van der Waals surface area contributed by atoms with E-state index >= 15 is 0 Å². The molecule has 0 aliphatic carbocycles. The molecule has 0 atom stereocenters. The summed E-state index contributed by atoms with van der Waals surface area (Å²) in [4.78, 5) is 8.60. The van der Waals surface area contributed by atoms with Crippen LogP contribution in [0, 0.1) is 11.3 Å². The summed E-state index contributed by atoms with van der Waals surface area (Å²) in [5, 5.41) is 19.4. The number of aromatic hydroxyl groups is 1. The highest BCUT2D eigenvalue weighted by molar-refractivity contribution is 5.93. The first-order valence-electron chi connectivity index (χ1n) is 6.61. The fraction of sp³-hybridized carbons (Fsp3) is 0. The molecule has 1 aromatic heterocycles. The van der Waals surface area contributed by atoms with E-state index in [1.54, 1.807) is 30.3 Å². The molecule has 0 amide bonds. The molecule has 0 aliphatic rings. The zero-order chi connectivity index (χ0) is 15.5. The van der Waals surface area contributed by atoms with E-state index in [1.165, 1.54) is 0 Å². The standard InChI is InChI=1S/C17H12N4O/c18-10-12(9-11-5-7-13(22)8-6-11)17-20-15-4-2-1-3-14(15)16(19)21-17/h1-9,22H,(H2,19,20,21)/b12-9-. The number of hydrogen-bond acceptors (Lipinski definition) is 5. The molecule has 0 aliphatic heterocycles. The number of phenolic OH excluding ortho intramolecular Hbond substituents is 1. The van der Waals surface area contributed by atoms with Gasteiger partial charge in [0.1, 0.15) is 17.6 Å². The Hall–Kier alpha value is -3.39. The third kappa shape index (κ3) is 2.58. The maximum Gasteiger partial charge on any atom is 0.172 e. The first-order chi connectivity index (χ1) is 10.7. The van der Waals surface area contributed by atoms with Crippen LogP contribution in [0.3, 0.4) is 0 Å². The van der Waals surface area contributed by atoms with Crippen molar-refractivity contribution in [3.05, 3.63) is 59.9 Å². The van der Waals surface area contributed by atoms with Gasteiger partial charge in [-0.05, 0) is 35.9 Å². The van der Waals surface area contributed by atoms with Crippen molar-refractivity contribution in [3.63, 3.8) is 0 Å². The summed E-state index contributed by atoms with van der Waals surface area (Å²) in [7, 11) is 0. The number of nitriles is 1. The number of allylic oxidation sites excluding steroid dienone is 1. The van der Waals surface area contributed by atoms with Crippen molar-refractivity contribution in [1.82, 2.24) is 9.97 Å². The molecule has 5 nitrogen and oxygen atoms in total. The van der Waals surface area contributed by atoms with Gasteiger partial charge in [0.25, 0.3) is 0 Å². The van der Waals surface area contributed by atoms with E-state index < -0.39 is 0 Å². The second kappa shape index (κ2) is 5.54. The Labute approximate surface area is 127 Å². The molecule has 1 heterocycles. The van der Waals surface area contributed by atoms with Crippen LogP contribution in [0.1, 0.15) is 11.4 Å². The third-order valence-corrected chi connectivity index (χ3v) is 3.20. The summed E-state index contributed by atoms with van der Waals surface area (Å²) in [5.41, 5.74) is 7.71. The zero-order valence-electron chi connectivity index (χ0n) is 11.6. The molecule has 0 unspecified atom stereocenters. The van der Waals surface area contributed by atoms with Crippen LogP contribution < -0.4 is 5.73 Å². The molecule has 3 aromatic rings. The third-order valence-electron chi connectivity index (χ3n) is 3.20. The minimum absolute atomic E-state index is 0.168. The fourth-order valence-electron chi connectivity index (χ4n) is 2.11. The average Bonchev–Trinajstić information content (AvgIpc) is 2.54. The van der Waals surface area contributed by atoms with Gasteiger partial charge in [-0.1, -0.05) is 24.3 Å². The van der Waals surface area contributed by atoms with Crippen molar-refractivity contribution >= 4 is 28.4 Å². The lowest BCUT2D eigenvalue weighted by molar-refractivity contribution is 0.475. The van der Waals surface area contributed by atoms with Crippen LogP contribution in [-0.2, 0) is 0 Å². The number of nitrogens with two attached hydrogens (primary N) is 1. The van der Waals surface area contributed by atoms with Gasteiger partial charge in [0.05, 0.1) is 11.1 Å². The lowest BCUT2D eigenvalue weighted by atomic mass is 10.1. The van der Waals surface area contributed by atoms with Gasteiger partial charge in [0.2, 0.25) is 0 Å². The number of nitrogens with zero attached hydrogens (tertiary/aromatic N) is 3. The van der Waals surface area contributed by atoms with Gasteiger partial charge in [-0.2, -0.15) is 5.26 Å². The predicted octanol–water partition coefficient (Wildman–Crippen LogP) is 2.98. The number of anilines is 1. The number of fused-ring (bicyclic) bond motifs is 1. The fourth-order valence-corrected chi connectivity index (χ4v) is 2.11. The lowest BCUT2D eigenvalue weighted by Gasteiger charge is -2.04. The highest BCUT2D eigenvalue weighted by Gasteiger charge is 2.09. The maximum absolute atomic E-state index is 9.37. The van der Waals surface area contributed by atoms with Crippen molar-refractivity contribution in [1.29, 1.82) is 5.26 Å². The van der Waals surface area contributed by atoms with E-state index in [2.05, 4.69) is 16.0 Å². The molecule has 3 rings (SSSR count). The molecule has 0 fully saturated rings. The molecule has 0 saturated carbocycles. The highest BCUT2D eigenvalue weighted by atomic mass is 16.3. The SMILES string of the molecule is N#C/C(=C/c1ccc(O)cc1)c1nc(N)c2ccccc2n1. The Bertz CT molecular complexity index is 908. The number of nitrogen functional groups attached to an aromatic ring is 1. The van der Waals surface area contributed by atoms with Crippen molar-refractivity contribution in [2.24, 2.45) is 0 Å². The van der Waals surface area contributed by atoms with Gasteiger partial charge in [0.15, 0.2) is 5.82 Å². The molecule has 106 valence electrons. The van der Waals surface area contributed by atoms with Gasteiger partial charge >= 0.3 is 0 Å². The van der Waals surface area contributed by atoms with Crippen molar-refractivity contribution < 1.29 is 5.11 Å². The minimum Gasteiger partial charge on any atom is -0.508 e. The van der Waals surface area contributed by atoms with Crippen LogP contribution in [0.15, 0.2) is 48.5 Å². The minimum atomic E-state index is 0.168. The molecule has 3 N–H and O–H groups in total. The van der Waals surface area contributed by atoms with Crippen LogP contribution in [0.2, 0.25) is 0 Å². The highest BCUT2D eigenvalue weighted by Crippen LogP contribution is 2.22. The number of benzene rings is 2. The normalized spacial score (nSPS) is 11.3. The zero-order valence-corrected chi connectivity index (χ0v) is 11.6. The monoisotopic (exact) mass is 288 g/mol. The van der Waals surface area contributed by atoms with Gasteiger partial charge in [-0.3, -0.25) is 0 Å². The quantitative estimate of drug-likeness (QED) is 0.707. The Morgan fingerprint density at radius 1 is 1.09 bits per heavy atom. The summed E-state index contributed by atoms with van der Waals surface area (Å²) in [6.07, 6.45) is 1.66. The Kier molecular flexibility index (Phi) is 3.42. The summed E-state index contributed by atoms with van der Waals surface area (Å²) in [6.45, 7) is 0. The number of para-hydroxylation sites is 1. The van der Waals surface area contributed by atoms with Crippen LogP contribution in [0.25, 0.3) is 22.6 Å². The smallest absolute Gasteiger partial charge is 0.172 e. The first-order valence-corrected chi connectivity index (χ1v) is 6.61. The summed E-state index contributed by atoms with van der Waals surface area (Å²) in [6, 6.07) is 16.0. The number of hydrogen-bond donors (Lipinski definition) is 2. The second-order valence-electron chi connectivity index (χ2n) is 4.71. The molecule has 0 spiro atoms. The molecule has 0 bridgehead atoms. The van der Waals surface area contributed by atoms with Crippen molar-refractivity contribution in [2.75, 3.05) is 5.73 Å². The number of phenols is 1. The van der Waals surface area contributed by atoms with Gasteiger partial charge in [-0.25, -0.2) is 9.97 Å². The first kappa shape index (κ1) is 13.6. The van der Waals surface area contributed by atoms with Gasteiger partial charge in [0, 0.05) is 5.39 Å². The van der Waals surface area contributed by atoms with E-state index in [9.17, 15) is 10.4 Å². The summed E-state index contributed by atoms with van der Waals surface area (Å²) < 4.78 is 0. The molecule has 2 aromatic carbocycles. The van der Waals surface area contributed by atoms with E-state index in [0.29, 0.717) is 16.9 Å². The second-order valence-corrected chi connectivity index (χ2v) is 4.71. The van der Waals surface area contributed by atoms with Crippen LogP contribution in [0.4, 0.5) is 5.82 Å². The molecule has 22 heavy (non-hydrogen) atoms. The van der Waals surface area contributed by atoms with Crippen LogP contribution in [-0.4, -0.2) is 15.1 Å². The van der Waals surface area contributed by atoms with E-state index in [4.69, 9.17) is 5.73 Å². The Morgan fingerprint density at radius 3 is 2.55 bits per heavy atom. The maximum atomic E-state index is 9.37. The van der Waals surface area contributed by atoms with Gasteiger partial charge in [-0.15, -0.1) is 0 Å².